The lowest BCUT2D eigenvalue weighted by Crippen LogP contribution is -2.12. The molecule has 1 aromatic carbocycles. The normalized spacial score (nSPS) is 11.4. The van der Waals surface area contributed by atoms with Gasteiger partial charge in [0, 0.05) is 4.47 Å². The van der Waals surface area contributed by atoms with E-state index in [1.807, 2.05) is 0 Å². The number of benzene rings is 1. The standard InChI is InChI=1S/C11H11BrF3NO2/c1-2-18-8(17)5-6-3-4-7(11(13,14)15)10(16)9(6)12/h3-4H,2,5,16H2,1H3. The molecule has 0 aliphatic carbocycles. The fourth-order valence-electron chi connectivity index (χ4n) is 1.39. The molecule has 0 aliphatic rings. The second-order valence-corrected chi connectivity index (χ2v) is 4.27. The van der Waals surface area contributed by atoms with Gasteiger partial charge in [-0.15, -0.1) is 0 Å². The molecule has 0 saturated carbocycles. The van der Waals surface area contributed by atoms with Crippen molar-refractivity contribution in [1.29, 1.82) is 0 Å². The van der Waals surface area contributed by atoms with Crippen LogP contribution in [0, 0.1) is 0 Å². The molecule has 0 unspecified atom stereocenters. The van der Waals surface area contributed by atoms with E-state index in [0.717, 1.165) is 6.07 Å². The van der Waals surface area contributed by atoms with Gasteiger partial charge in [0.15, 0.2) is 0 Å². The van der Waals surface area contributed by atoms with Crippen molar-refractivity contribution < 1.29 is 22.7 Å². The summed E-state index contributed by atoms with van der Waals surface area (Å²) in [5.41, 5.74) is 4.41. The highest BCUT2D eigenvalue weighted by molar-refractivity contribution is 9.10. The van der Waals surface area contributed by atoms with E-state index in [2.05, 4.69) is 15.9 Å². The van der Waals surface area contributed by atoms with Crippen molar-refractivity contribution in [2.75, 3.05) is 12.3 Å². The Bertz CT molecular complexity index is 460. The number of esters is 1. The second-order valence-electron chi connectivity index (χ2n) is 3.48. The topological polar surface area (TPSA) is 52.3 Å². The highest BCUT2D eigenvalue weighted by Gasteiger charge is 2.34. The maximum Gasteiger partial charge on any atom is 0.418 e. The van der Waals surface area contributed by atoms with Crippen molar-refractivity contribution in [3.8, 4) is 0 Å². The Labute approximate surface area is 110 Å². The zero-order chi connectivity index (χ0) is 13.9. The third-order valence-electron chi connectivity index (χ3n) is 2.21. The van der Waals surface area contributed by atoms with Crippen molar-refractivity contribution in [3.63, 3.8) is 0 Å². The molecule has 100 valence electrons. The van der Waals surface area contributed by atoms with Crippen molar-refractivity contribution in [2.24, 2.45) is 0 Å². The number of carbonyl (C=O) groups is 1. The van der Waals surface area contributed by atoms with Crippen molar-refractivity contribution in [1.82, 2.24) is 0 Å². The first-order chi connectivity index (χ1) is 8.27. The number of nitrogens with two attached hydrogens (primary N) is 1. The Kier molecular flexibility index (Phi) is 4.61. The molecule has 3 nitrogen and oxygen atoms in total. The number of nitrogen functional groups attached to an aromatic ring is 1. The average molecular weight is 326 g/mol. The van der Waals surface area contributed by atoms with Crippen LogP contribution in [0.1, 0.15) is 18.1 Å². The molecule has 0 heterocycles. The summed E-state index contributed by atoms with van der Waals surface area (Å²) in [6.45, 7) is 1.86. The predicted octanol–water partition coefficient (Wildman–Crippen LogP) is 3.16. The Morgan fingerprint density at radius 3 is 2.56 bits per heavy atom. The molecule has 18 heavy (non-hydrogen) atoms. The van der Waals surface area contributed by atoms with Gasteiger partial charge in [-0.25, -0.2) is 0 Å². The fourth-order valence-corrected chi connectivity index (χ4v) is 1.88. The first kappa shape index (κ1) is 14.8. The van der Waals surface area contributed by atoms with Gasteiger partial charge in [-0.3, -0.25) is 4.79 Å². The summed E-state index contributed by atoms with van der Waals surface area (Å²) < 4.78 is 42.4. The number of alkyl halides is 3. The molecule has 0 fully saturated rings. The predicted molar refractivity (Wildman–Crippen MR) is 63.9 cm³/mol. The lowest BCUT2D eigenvalue weighted by molar-refractivity contribution is -0.142. The SMILES string of the molecule is CCOC(=O)Cc1ccc(C(F)(F)F)c(N)c1Br. The molecule has 0 amide bonds. The molecule has 0 bridgehead atoms. The maximum atomic E-state index is 12.6. The molecule has 7 heteroatoms. The van der Waals surface area contributed by atoms with Crippen molar-refractivity contribution in [2.45, 2.75) is 19.5 Å². The van der Waals surface area contributed by atoms with Crippen LogP contribution in [0.5, 0.6) is 0 Å². The third kappa shape index (κ3) is 3.38. The minimum absolute atomic E-state index is 0.0744. The number of hydrogen-bond donors (Lipinski definition) is 1. The fraction of sp³-hybridized carbons (Fsp3) is 0.364. The summed E-state index contributed by atoms with van der Waals surface area (Å²) in [6.07, 6.45) is -4.65. The van der Waals surface area contributed by atoms with E-state index in [4.69, 9.17) is 10.5 Å². The first-order valence-electron chi connectivity index (χ1n) is 5.07. The number of ether oxygens (including phenoxy) is 1. The van der Waals surface area contributed by atoms with Crippen LogP contribution < -0.4 is 5.73 Å². The van der Waals surface area contributed by atoms with Gasteiger partial charge in [-0.2, -0.15) is 13.2 Å². The molecule has 0 saturated heterocycles. The molecule has 0 radical (unpaired) electrons. The highest BCUT2D eigenvalue weighted by Crippen LogP contribution is 2.38. The van der Waals surface area contributed by atoms with Crippen LogP contribution in [0.2, 0.25) is 0 Å². The second kappa shape index (κ2) is 5.60. The number of halogens is 4. The van der Waals surface area contributed by atoms with E-state index in [9.17, 15) is 18.0 Å². The van der Waals surface area contributed by atoms with Crippen LogP contribution in [0.25, 0.3) is 0 Å². The Hall–Kier alpha value is -1.24. The molecule has 1 aromatic rings. The molecule has 0 aromatic heterocycles. The number of rotatable bonds is 3. The quantitative estimate of drug-likeness (QED) is 0.686. The molecule has 0 spiro atoms. The van der Waals surface area contributed by atoms with Crippen LogP contribution in [-0.4, -0.2) is 12.6 Å². The third-order valence-corrected chi connectivity index (χ3v) is 3.14. The molecule has 0 aliphatic heterocycles. The van der Waals surface area contributed by atoms with Gasteiger partial charge in [0.1, 0.15) is 0 Å². The minimum Gasteiger partial charge on any atom is -0.466 e. The van der Waals surface area contributed by atoms with Gasteiger partial charge in [0.05, 0.1) is 24.3 Å². The van der Waals surface area contributed by atoms with Gasteiger partial charge in [0.2, 0.25) is 0 Å². The summed E-state index contributed by atoms with van der Waals surface area (Å²) in [6, 6.07) is 2.06. The van der Waals surface area contributed by atoms with Crippen LogP contribution in [-0.2, 0) is 22.1 Å². The summed E-state index contributed by atoms with van der Waals surface area (Å²) in [5.74, 6) is -0.516. The maximum absolute atomic E-state index is 12.6. The monoisotopic (exact) mass is 325 g/mol. The zero-order valence-corrected chi connectivity index (χ0v) is 11.1. The summed E-state index contributed by atoms with van der Waals surface area (Å²) in [7, 11) is 0. The van der Waals surface area contributed by atoms with E-state index in [1.54, 1.807) is 6.92 Å². The lowest BCUT2D eigenvalue weighted by atomic mass is 10.1. The van der Waals surface area contributed by atoms with Crippen LogP contribution >= 0.6 is 15.9 Å². The van der Waals surface area contributed by atoms with Gasteiger partial charge in [-0.1, -0.05) is 6.07 Å². The Morgan fingerprint density at radius 2 is 2.06 bits per heavy atom. The smallest absolute Gasteiger partial charge is 0.418 e. The molecular weight excluding hydrogens is 315 g/mol. The lowest BCUT2D eigenvalue weighted by Gasteiger charge is -2.13. The van der Waals surface area contributed by atoms with Gasteiger partial charge < -0.3 is 10.5 Å². The largest absolute Gasteiger partial charge is 0.466 e. The van der Waals surface area contributed by atoms with Gasteiger partial charge in [-0.05, 0) is 34.5 Å². The molecule has 2 N–H and O–H groups in total. The molecule has 0 atom stereocenters. The van der Waals surface area contributed by atoms with E-state index in [1.165, 1.54) is 6.07 Å². The van der Waals surface area contributed by atoms with Crippen molar-refractivity contribution >= 4 is 27.6 Å². The summed E-state index contributed by atoms with van der Waals surface area (Å²) in [5, 5.41) is 0. The summed E-state index contributed by atoms with van der Waals surface area (Å²) in [4.78, 5) is 11.3. The number of anilines is 1. The zero-order valence-electron chi connectivity index (χ0n) is 9.47. The first-order valence-corrected chi connectivity index (χ1v) is 5.86. The van der Waals surface area contributed by atoms with E-state index < -0.39 is 23.4 Å². The number of hydrogen-bond acceptors (Lipinski definition) is 3. The average Bonchev–Trinajstić information content (AvgIpc) is 2.23. The van der Waals surface area contributed by atoms with E-state index >= 15 is 0 Å². The summed E-state index contributed by atoms with van der Waals surface area (Å²) >= 11 is 2.97. The highest BCUT2D eigenvalue weighted by atomic mass is 79.9. The minimum atomic E-state index is -4.52. The van der Waals surface area contributed by atoms with Crippen LogP contribution in [0.15, 0.2) is 16.6 Å². The van der Waals surface area contributed by atoms with E-state index in [0.29, 0.717) is 5.56 Å². The molecular formula is C11H11BrF3NO2. The molecule has 1 rings (SSSR count). The van der Waals surface area contributed by atoms with Crippen LogP contribution in [0.3, 0.4) is 0 Å². The van der Waals surface area contributed by atoms with Crippen molar-refractivity contribution in [3.05, 3.63) is 27.7 Å². The Balaban J connectivity index is 3.05. The van der Waals surface area contributed by atoms with Gasteiger partial charge in [0.25, 0.3) is 0 Å². The Morgan fingerprint density at radius 1 is 1.44 bits per heavy atom. The number of carbonyl (C=O) groups excluding carboxylic acids is 1. The van der Waals surface area contributed by atoms with Crippen LogP contribution in [0.4, 0.5) is 18.9 Å². The van der Waals surface area contributed by atoms with E-state index in [-0.39, 0.29) is 17.5 Å². The van der Waals surface area contributed by atoms with Gasteiger partial charge >= 0.3 is 12.1 Å².